The first-order valence-electron chi connectivity index (χ1n) is 2.71. The number of benzene rings is 1. The Morgan fingerprint density at radius 2 is 2.10 bits per heavy atom. The zero-order chi connectivity index (χ0) is 7.40. The summed E-state index contributed by atoms with van der Waals surface area (Å²) < 4.78 is 1.17. The summed E-state index contributed by atoms with van der Waals surface area (Å²) in [6.07, 6.45) is 0.904. The van der Waals surface area contributed by atoms with Gasteiger partial charge < -0.3 is 0 Å². The average Bonchev–Trinajstić information content (AvgIpc) is 2.04. The fourth-order valence-corrected chi connectivity index (χ4v) is 3.58. The van der Waals surface area contributed by atoms with Crippen molar-refractivity contribution < 1.29 is 4.79 Å². The van der Waals surface area contributed by atoms with Gasteiger partial charge in [0.05, 0.1) is 0 Å². The molecule has 52 valence electrons. The molecule has 0 spiro atoms. The Labute approximate surface area is 75.7 Å². The Bertz CT molecular complexity index is 237. The third-order valence-electron chi connectivity index (χ3n) is 1.13. The van der Waals surface area contributed by atoms with E-state index in [2.05, 4.69) is 12.8 Å². The SMILES string of the molecule is O=Cc1ccccc1[Te]Br. The molecule has 0 heterocycles. The number of aldehydes is 1. The van der Waals surface area contributed by atoms with Crippen LogP contribution < -0.4 is 3.61 Å². The number of halogens is 1. The Morgan fingerprint density at radius 1 is 1.40 bits per heavy atom. The van der Waals surface area contributed by atoms with Crippen LogP contribution in [0.2, 0.25) is 0 Å². The van der Waals surface area contributed by atoms with E-state index in [4.69, 9.17) is 0 Å². The zero-order valence-electron chi connectivity index (χ0n) is 5.08. The molecule has 0 fully saturated rings. The van der Waals surface area contributed by atoms with E-state index in [1.165, 1.54) is 3.61 Å². The zero-order valence-corrected chi connectivity index (χ0v) is 9.00. The summed E-state index contributed by atoms with van der Waals surface area (Å²) in [6, 6.07) is 7.66. The van der Waals surface area contributed by atoms with Gasteiger partial charge in [0.15, 0.2) is 0 Å². The average molecular weight is 313 g/mol. The van der Waals surface area contributed by atoms with Gasteiger partial charge in [-0.05, 0) is 0 Å². The summed E-state index contributed by atoms with van der Waals surface area (Å²) in [5, 5.41) is 0. The molecule has 0 N–H and O–H groups in total. The van der Waals surface area contributed by atoms with E-state index in [1.807, 2.05) is 24.3 Å². The second-order valence-electron chi connectivity index (χ2n) is 1.73. The molecule has 0 aliphatic carbocycles. The second-order valence-corrected chi connectivity index (χ2v) is 5.60. The molecule has 0 radical (unpaired) electrons. The molecular weight excluding hydrogens is 308 g/mol. The van der Waals surface area contributed by atoms with Crippen LogP contribution in [0.5, 0.6) is 0 Å². The molecule has 0 saturated carbocycles. The minimum absolute atomic E-state index is 0.297. The molecule has 1 aromatic carbocycles. The molecule has 1 rings (SSSR count). The molecule has 1 aromatic rings. The van der Waals surface area contributed by atoms with Crippen LogP contribution in [-0.4, -0.2) is 25.0 Å². The summed E-state index contributed by atoms with van der Waals surface area (Å²) in [4.78, 5) is 10.4. The Balaban J connectivity index is 3.08. The third-order valence-corrected chi connectivity index (χ3v) is 5.00. The quantitative estimate of drug-likeness (QED) is 0.591. The van der Waals surface area contributed by atoms with Gasteiger partial charge in [-0.2, -0.15) is 0 Å². The van der Waals surface area contributed by atoms with Crippen LogP contribution in [0.25, 0.3) is 0 Å². The molecule has 0 bridgehead atoms. The van der Waals surface area contributed by atoms with Gasteiger partial charge in [-0.3, -0.25) is 0 Å². The monoisotopic (exact) mass is 314 g/mol. The minimum atomic E-state index is -0.297. The fourth-order valence-electron chi connectivity index (χ4n) is 0.648. The molecule has 3 heteroatoms. The van der Waals surface area contributed by atoms with E-state index >= 15 is 0 Å². The van der Waals surface area contributed by atoms with Crippen molar-refractivity contribution in [2.45, 2.75) is 0 Å². The first-order valence-corrected chi connectivity index (χ1v) is 9.10. The molecule has 10 heavy (non-hydrogen) atoms. The third kappa shape index (κ3) is 1.82. The molecule has 0 atom stereocenters. The van der Waals surface area contributed by atoms with Crippen molar-refractivity contribution in [3.63, 3.8) is 0 Å². The first kappa shape index (κ1) is 8.26. The van der Waals surface area contributed by atoms with Crippen molar-refractivity contribution in [2.24, 2.45) is 0 Å². The summed E-state index contributed by atoms with van der Waals surface area (Å²) in [5.41, 5.74) is 0.821. The predicted molar refractivity (Wildman–Crippen MR) is 46.1 cm³/mol. The van der Waals surface area contributed by atoms with Gasteiger partial charge in [-0.25, -0.2) is 0 Å². The molecule has 1 nitrogen and oxygen atoms in total. The van der Waals surface area contributed by atoms with Gasteiger partial charge in [-0.1, -0.05) is 0 Å². The van der Waals surface area contributed by atoms with E-state index in [0.29, 0.717) is 0 Å². The summed E-state index contributed by atoms with van der Waals surface area (Å²) in [5.74, 6) is 0. The van der Waals surface area contributed by atoms with Crippen LogP contribution >= 0.6 is 12.8 Å². The van der Waals surface area contributed by atoms with Gasteiger partial charge in [-0.15, -0.1) is 0 Å². The Kier molecular flexibility index (Phi) is 3.41. The summed E-state index contributed by atoms with van der Waals surface area (Å²) in [7, 11) is 0. The van der Waals surface area contributed by atoms with Crippen molar-refractivity contribution in [2.75, 3.05) is 0 Å². The molecule has 0 saturated heterocycles. The van der Waals surface area contributed by atoms with E-state index in [-0.39, 0.29) is 18.7 Å². The van der Waals surface area contributed by atoms with E-state index in [0.717, 1.165) is 11.8 Å². The van der Waals surface area contributed by atoms with E-state index in [9.17, 15) is 4.79 Å². The normalized spacial score (nSPS) is 9.30. The second kappa shape index (κ2) is 4.12. The topological polar surface area (TPSA) is 17.1 Å². The molecule has 0 aliphatic heterocycles. The number of carbonyl (C=O) groups excluding carboxylic acids is 1. The fraction of sp³-hybridized carbons (Fsp3) is 0. The van der Waals surface area contributed by atoms with E-state index in [1.54, 1.807) is 0 Å². The number of hydrogen-bond acceptors (Lipinski definition) is 1. The number of rotatable bonds is 2. The first-order chi connectivity index (χ1) is 4.88. The van der Waals surface area contributed by atoms with Crippen molar-refractivity contribution in [3.8, 4) is 0 Å². The van der Waals surface area contributed by atoms with Gasteiger partial charge in [0.2, 0.25) is 0 Å². The van der Waals surface area contributed by atoms with Crippen LogP contribution in [0.4, 0.5) is 0 Å². The van der Waals surface area contributed by atoms with Gasteiger partial charge in [0.1, 0.15) is 0 Å². The van der Waals surface area contributed by atoms with Crippen molar-refractivity contribution in [1.82, 2.24) is 0 Å². The molecule has 0 amide bonds. The maximum atomic E-state index is 10.4. The van der Waals surface area contributed by atoms with Crippen molar-refractivity contribution in [1.29, 1.82) is 0 Å². The Morgan fingerprint density at radius 3 is 2.60 bits per heavy atom. The van der Waals surface area contributed by atoms with Gasteiger partial charge in [0, 0.05) is 0 Å². The van der Waals surface area contributed by atoms with Crippen molar-refractivity contribution >= 4 is 41.4 Å². The van der Waals surface area contributed by atoms with Crippen LogP contribution in [0.3, 0.4) is 0 Å². The molecule has 0 aliphatic rings. The van der Waals surface area contributed by atoms with Crippen molar-refractivity contribution in [3.05, 3.63) is 29.8 Å². The van der Waals surface area contributed by atoms with Gasteiger partial charge in [0.25, 0.3) is 0 Å². The van der Waals surface area contributed by atoms with Crippen LogP contribution in [-0.2, 0) is 0 Å². The maximum absolute atomic E-state index is 10.4. The van der Waals surface area contributed by atoms with Crippen LogP contribution in [0, 0.1) is 0 Å². The molecule has 0 unspecified atom stereocenters. The Hall–Kier alpha value is 0.160. The van der Waals surface area contributed by atoms with Gasteiger partial charge >= 0.3 is 76.0 Å². The number of carbonyl (C=O) groups is 1. The summed E-state index contributed by atoms with van der Waals surface area (Å²) in [6.45, 7) is 0. The number of hydrogen-bond donors (Lipinski definition) is 0. The van der Waals surface area contributed by atoms with Crippen LogP contribution in [0.15, 0.2) is 24.3 Å². The van der Waals surface area contributed by atoms with E-state index < -0.39 is 0 Å². The van der Waals surface area contributed by atoms with Crippen LogP contribution in [0.1, 0.15) is 10.4 Å². The predicted octanol–water partition coefficient (Wildman–Crippen LogP) is 1.14. The molecule has 0 aromatic heterocycles. The summed E-state index contributed by atoms with van der Waals surface area (Å²) >= 11 is 3.12. The standard InChI is InChI=1S/C7H5BrOTe/c8-10-7-4-2-1-3-6(7)5-9/h1-5H. The molecular formula is C7H5BrOTe.